The van der Waals surface area contributed by atoms with Gasteiger partial charge in [-0.15, -0.1) is 0 Å². The molecule has 6 heteroatoms. The molecule has 0 saturated carbocycles. The fraction of sp³-hybridized carbons (Fsp3) is 0.556. The van der Waals surface area contributed by atoms with Gasteiger partial charge in [-0.05, 0) is 45.6 Å². The van der Waals surface area contributed by atoms with Crippen LogP contribution in [-0.4, -0.2) is 50.4 Å². The van der Waals surface area contributed by atoms with Gasteiger partial charge in [0.25, 0.3) is 0 Å². The number of carbonyl (C=O) groups is 2. The van der Waals surface area contributed by atoms with E-state index in [-0.39, 0.29) is 6.09 Å². The number of hydrogen-bond acceptors (Lipinski definition) is 4. The Kier molecular flexibility index (Phi) is 5.92. The molecule has 0 unspecified atom stereocenters. The van der Waals surface area contributed by atoms with Crippen LogP contribution in [0.15, 0.2) is 18.2 Å². The van der Waals surface area contributed by atoms with E-state index in [9.17, 15) is 9.59 Å². The van der Waals surface area contributed by atoms with Crippen LogP contribution < -0.4 is 10.2 Å². The predicted octanol–water partition coefficient (Wildman–Crippen LogP) is 2.32. The van der Waals surface area contributed by atoms with E-state index in [0.29, 0.717) is 42.4 Å². The summed E-state index contributed by atoms with van der Waals surface area (Å²) in [5, 5.41) is 0. The van der Waals surface area contributed by atoms with Gasteiger partial charge in [-0.25, -0.2) is 4.79 Å². The molecule has 2 radical (unpaired) electrons. The van der Waals surface area contributed by atoms with E-state index < -0.39 is 5.60 Å². The first-order chi connectivity index (χ1) is 11.3. The Hall–Kier alpha value is -1.98. The Balaban J connectivity index is 1.81. The number of hydrogen-bond donors (Lipinski definition) is 0. The Morgan fingerprint density at radius 1 is 1.33 bits per heavy atom. The highest BCUT2D eigenvalue weighted by atomic mass is 16.6. The van der Waals surface area contributed by atoms with Crippen molar-refractivity contribution in [1.29, 1.82) is 0 Å². The van der Waals surface area contributed by atoms with Crippen LogP contribution in [0.3, 0.4) is 0 Å². The fourth-order valence-corrected chi connectivity index (χ4v) is 2.61. The molecule has 1 aromatic rings. The molecule has 1 heterocycles. The second-order valence-electron chi connectivity index (χ2n) is 7.14. The number of rotatable bonds is 4. The van der Waals surface area contributed by atoms with Gasteiger partial charge in [-0.3, -0.25) is 4.79 Å². The Morgan fingerprint density at radius 3 is 2.58 bits per heavy atom. The summed E-state index contributed by atoms with van der Waals surface area (Å²) in [4.78, 5) is 24.8. The zero-order chi connectivity index (χ0) is 17.7. The van der Waals surface area contributed by atoms with Crippen LogP contribution in [0.2, 0.25) is 0 Å². The van der Waals surface area contributed by atoms with Gasteiger partial charge >= 0.3 is 6.09 Å². The molecule has 1 saturated heterocycles. The van der Waals surface area contributed by atoms with Crippen LogP contribution in [0.25, 0.3) is 0 Å². The van der Waals surface area contributed by atoms with Crippen molar-refractivity contribution >= 4 is 25.7 Å². The summed E-state index contributed by atoms with van der Waals surface area (Å²) in [7, 11) is 5.67. The second kappa shape index (κ2) is 7.73. The highest BCUT2D eigenvalue weighted by molar-refractivity contribution is 6.32. The van der Waals surface area contributed by atoms with Gasteiger partial charge in [0.1, 0.15) is 19.2 Å². The topological polar surface area (TPSA) is 55.8 Å². The van der Waals surface area contributed by atoms with Crippen molar-refractivity contribution in [2.24, 2.45) is 5.92 Å². The Bertz CT molecular complexity index is 589. The number of nitrogens with zero attached hydrogens (tertiary/aromatic N) is 1. The van der Waals surface area contributed by atoms with E-state index in [1.165, 1.54) is 0 Å². The van der Waals surface area contributed by atoms with Gasteiger partial charge in [-0.1, -0.05) is 17.6 Å². The minimum Gasteiger partial charge on any atom is -0.493 e. The quantitative estimate of drug-likeness (QED) is 0.628. The summed E-state index contributed by atoms with van der Waals surface area (Å²) in [5.41, 5.74) is 0.522. The smallest absolute Gasteiger partial charge is 0.410 e. The molecule has 1 fully saturated rings. The molecule has 2 rings (SSSR count). The maximum Gasteiger partial charge on any atom is 0.410 e. The molecule has 0 spiro atoms. The summed E-state index contributed by atoms with van der Waals surface area (Å²) < 4.78 is 11.2. The van der Waals surface area contributed by atoms with Crippen molar-refractivity contribution in [3.63, 3.8) is 0 Å². The lowest BCUT2D eigenvalue weighted by Crippen LogP contribution is -2.42. The molecule has 0 aliphatic carbocycles. The van der Waals surface area contributed by atoms with Gasteiger partial charge in [-0.2, -0.15) is 0 Å². The third kappa shape index (κ3) is 5.29. The molecule has 1 aliphatic rings. The summed E-state index contributed by atoms with van der Waals surface area (Å²) in [6.45, 7) is 7.43. The van der Waals surface area contributed by atoms with E-state index in [1.807, 2.05) is 20.8 Å². The highest BCUT2D eigenvalue weighted by Crippen LogP contribution is 2.22. The minimum absolute atomic E-state index is 0.261. The fourth-order valence-electron chi connectivity index (χ4n) is 2.61. The van der Waals surface area contributed by atoms with Crippen LogP contribution in [0.1, 0.15) is 44.0 Å². The van der Waals surface area contributed by atoms with E-state index >= 15 is 0 Å². The third-order valence-corrected chi connectivity index (χ3v) is 3.90. The first kappa shape index (κ1) is 18.4. The van der Waals surface area contributed by atoms with Gasteiger partial charge in [0.2, 0.25) is 0 Å². The summed E-state index contributed by atoms with van der Waals surface area (Å²) in [5.74, 6) is 0.898. The molecule has 1 aromatic carbocycles. The average molecular weight is 329 g/mol. The maximum atomic E-state index is 12.0. The van der Waals surface area contributed by atoms with E-state index in [1.54, 1.807) is 23.1 Å². The molecular formula is C18H24BNO4. The first-order valence-electron chi connectivity index (χ1n) is 8.24. The van der Waals surface area contributed by atoms with Crippen LogP contribution in [0.5, 0.6) is 5.75 Å². The number of ether oxygens (including phenoxy) is 2. The van der Waals surface area contributed by atoms with Gasteiger partial charge in [0, 0.05) is 13.1 Å². The van der Waals surface area contributed by atoms with Crippen molar-refractivity contribution < 1.29 is 19.1 Å². The van der Waals surface area contributed by atoms with Crippen LogP contribution in [0, 0.1) is 5.92 Å². The monoisotopic (exact) mass is 329 g/mol. The number of piperidine rings is 1. The molecule has 1 aliphatic heterocycles. The molecule has 128 valence electrons. The zero-order valence-corrected chi connectivity index (χ0v) is 14.6. The molecule has 5 nitrogen and oxygen atoms in total. The lowest BCUT2D eigenvalue weighted by Gasteiger charge is -2.33. The molecule has 0 N–H and O–H groups in total. The zero-order valence-electron chi connectivity index (χ0n) is 14.6. The van der Waals surface area contributed by atoms with Crippen LogP contribution in [0.4, 0.5) is 4.79 Å². The number of carbonyl (C=O) groups excluding carboxylic acids is 2. The highest BCUT2D eigenvalue weighted by Gasteiger charge is 2.27. The molecule has 1 amide bonds. The van der Waals surface area contributed by atoms with E-state index in [0.717, 1.165) is 19.1 Å². The van der Waals surface area contributed by atoms with Crippen molar-refractivity contribution in [3.8, 4) is 5.75 Å². The Labute approximate surface area is 144 Å². The predicted molar refractivity (Wildman–Crippen MR) is 93.2 cm³/mol. The SMILES string of the molecule is [B]c1ccc(OCC2CCN(C(=O)OC(C)(C)C)CC2)c(C=O)c1. The van der Waals surface area contributed by atoms with E-state index in [4.69, 9.17) is 17.3 Å². The standard InChI is InChI=1S/C18H24BNO4/c1-18(2,3)24-17(22)20-8-6-13(7-9-20)12-23-16-5-4-15(19)10-14(16)11-21/h4-5,10-11,13H,6-9,12H2,1-3H3. The number of aldehydes is 1. The van der Waals surface area contributed by atoms with Crippen molar-refractivity contribution in [1.82, 2.24) is 4.90 Å². The lowest BCUT2D eigenvalue weighted by molar-refractivity contribution is 0.0164. The minimum atomic E-state index is -0.475. The molecular weight excluding hydrogens is 305 g/mol. The van der Waals surface area contributed by atoms with Crippen molar-refractivity contribution in [3.05, 3.63) is 23.8 Å². The van der Waals surface area contributed by atoms with Gasteiger partial charge in [0.15, 0.2) is 6.29 Å². The summed E-state index contributed by atoms with van der Waals surface area (Å²) >= 11 is 0. The van der Waals surface area contributed by atoms with Crippen LogP contribution in [-0.2, 0) is 4.74 Å². The van der Waals surface area contributed by atoms with Crippen molar-refractivity contribution in [2.75, 3.05) is 19.7 Å². The third-order valence-electron chi connectivity index (χ3n) is 3.90. The number of amides is 1. The summed E-state index contributed by atoms with van der Waals surface area (Å²) in [6.07, 6.45) is 2.19. The normalized spacial score (nSPS) is 15.9. The molecule has 0 bridgehead atoms. The van der Waals surface area contributed by atoms with Gasteiger partial charge < -0.3 is 14.4 Å². The molecule has 0 aromatic heterocycles. The number of likely N-dealkylation sites (tertiary alicyclic amines) is 1. The van der Waals surface area contributed by atoms with E-state index in [2.05, 4.69) is 0 Å². The average Bonchev–Trinajstić information content (AvgIpc) is 2.52. The number of benzene rings is 1. The Morgan fingerprint density at radius 2 is 2.00 bits per heavy atom. The lowest BCUT2D eigenvalue weighted by atomic mass is 9.94. The molecule has 0 atom stereocenters. The van der Waals surface area contributed by atoms with Gasteiger partial charge in [0.05, 0.1) is 12.2 Å². The first-order valence-corrected chi connectivity index (χ1v) is 8.24. The summed E-state index contributed by atoms with van der Waals surface area (Å²) in [6, 6.07) is 5.04. The van der Waals surface area contributed by atoms with Crippen LogP contribution >= 0.6 is 0 Å². The molecule has 24 heavy (non-hydrogen) atoms. The van der Waals surface area contributed by atoms with Crippen molar-refractivity contribution in [2.45, 2.75) is 39.2 Å². The maximum absolute atomic E-state index is 12.0. The second-order valence-corrected chi connectivity index (χ2v) is 7.14. The largest absolute Gasteiger partial charge is 0.493 e.